The van der Waals surface area contributed by atoms with Crippen molar-refractivity contribution in [2.75, 3.05) is 7.11 Å². The Labute approximate surface area is 179 Å². The highest BCUT2D eigenvalue weighted by molar-refractivity contribution is 6.07. The molecule has 0 radical (unpaired) electrons. The summed E-state index contributed by atoms with van der Waals surface area (Å²) < 4.78 is 24.8. The van der Waals surface area contributed by atoms with Crippen LogP contribution in [0.2, 0.25) is 0 Å². The number of halogens is 1. The minimum Gasteiger partial charge on any atom is -0.493 e. The lowest BCUT2D eigenvalue weighted by Gasteiger charge is -2.14. The van der Waals surface area contributed by atoms with Crippen molar-refractivity contribution in [1.29, 1.82) is 0 Å². The zero-order valence-corrected chi connectivity index (χ0v) is 16.9. The molecule has 2 aromatic carbocycles. The van der Waals surface area contributed by atoms with Crippen LogP contribution in [0.4, 0.5) is 4.39 Å². The van der Waals surface area contributed by atoms with Crippen molar-refractivity contribution in [2.45, 2.75) is 13.0 Å². The number of rotatable bonds is 6. The van der Waals surface area contributed by atoms with Gasteiger partial charge in [0.15, 0.2) is 11.5 Å². The SMILES string of the molecule is COc1cccc(C=NN2C(=O)[C@@H]3[C@H](C2=O)[C@H]2C=C[C@H]3C2)c1OCc1cccc(F)c1. The molecule has 5 rings (SSSR count). The largest absolute Gasteiger partial charge is 0.493 e. The molecule has 2 aromatic rings. The Kier molecular flexibility index (Phi) is 4.81. The molecule has 2 amide bonds. The first-order valence-electron chi connectivity index (χ1n) is 10.2. The first kappa shape index (κ1) is 19.5. The van der Waals surface area contributed by atoms with Gasteiger partial charge in [-0.1, -0.05) is 30.4 Å². The van der Waals surface area contributed by atoms with Gasteiger partial charge in [-0.15, -0.1) is 0 Å². The highest BCUT2D eigenvalue weighted by Gasteiger charge is 2.59. The normalized spacial score (nSPS) is 26.2. The van der Waals surface area contributed by atoms with E-state index in [1.165, 1.54) is 25.5 Å². The summed E-state index contributed by atoms with van der Waals surface area (Å²) in [6, 6.07) is 11.4. The van der Waals surface area contributed by atoms with Gasteiger partial charge < -0.3 is 9.47 Å². The zero-order chi connectivity index (χ0) is 21.5. The second-order valence-corrected chi connectivity index (χ2v) is 8.03. The molecule has 2 fully saturated rings. The van der Waals surface area contributed by atoms with Crippen LogP contribution in [0.5, 0.6) is 11.5 Å². The van der Waals surface area contributed by atoms with Crippen LogP contribution in [0.3, 0.4) is 0 Å². The van der Waals surface area contributed by atoms with Crippen LogP contribution in [0, 0.1) is 29.5 Å². The fourth-order valence-corrected chi connectivity index (χ4v) is 4.85. The number of carbonyl (C=O) groups excluding carboxylic acids is 2. The standard InChI is InChI=1S/C24H21FN2O4/c1-30-19-7-3-5-17(22(19)31-13-14-4-2-6-18(25)10-14)12-26-27-23(28)20-15-8-9-16(11-15)21(20)24(27)29/h2-10,12,15-16,20-21H,11,13H2,1H3/t15-,16-,20-,21+/m0/s1. The number of hydrazone groups is 1. The number of fused-ring (bicyclic) bond motifs is 5. The first-order valence-corrected chi connectivity index (χ1v) is 10.2. The minimum atomic E-state index is -0.344. The molecule has 0 spiro atoms. The number of nitrogens with zero attached hydrogens (tertiary/aromatic N) is 2. The molecule has 7 heteroatoms. The van der Waals surface area contributed by atoms with E-state index in [0.29, 0.717) is 22.6 Å². The van der Waals surface area contributed by atoms with Crippen molar-refractivity contribution in [3.63, 3.8) is 0 Å². The summed E-state index contributed by atoms with van der Waals surface area (Å²) in [6.07, 6.45) is 6.41. The summed E-state index contributed by atoms with van der Waals surface area (Å²) >= 11 is 0. The Morgan fingerprint density at radius 3 is 2.48 bits per heavy atom. The Balaban J connectivity index is 1.38. The Hall–Kier alpha value is -3.48. The number of benzene rings is 2. The third-order valence-electron chi connectivity index (χ3n) is 6.26. The monoisotopic (exact) mass is 420 g/mol. The molecule has 1 saturated heterocycles. The number of methoxy groups -OCH3 is 1. The first-order chi connectivity index (χ1) is 15.1. The van der Waals surface area contributed by atoms with Gasteiger partial charge in [-0.25, -0.2) is 4.39 Å². The van der Waals surface area contributed by atoms with Crippen molar-refractivity contribution in [3.05, 3.63) is 71.6 Å². The van der Waals surface area contributed by atoms with Crippen LogP contribution < -0.4 is 9.47 Å². The lowest BCUT2D eigenvalue weighted by Crippen LogP contribution is -2.28. The average Bonchev–Trinajstić information content (AvgIpc) is 3.45. The van der Waals surface area contributed by atoms with E-state index in [0.717, 1.165) is 11.4 Å². The molecule has 1 saturated carbocycles. The molecule has 158 valence electrons. The number of hydrogen-bond donors (Lipinski definition) is 0. The Morgan fingerprint density at radius 2 is 1.81 bits per heavy atom. The van der Waals surface area contributed by atoms with E-state index in [9.17, 15) is 14.0 Å². The summed E-state index contributed by atoms with van der Waals surface area (Å²) in [5.41, 5.74) is 1.21. The maximum absolute atomic E-state index is 13.5. The highest BCUT2D eigenvalue weighted by Crippen LogP contribution is 2.52. The number of ether oxygens (including phenoxy) is 2. The van der Waals surface area contributed by atoms with Crippen LogP contribution in [-0.2, 0) is 16.2 Å². The molecular weight excluding hydrogens is 399 g/mol. The second-order valence-electron chi connectivity index (χ2n) is 8.03. The number of amides is 2. The van der Waals surface area contributed by atoms with Gasteiger partial charge in [-0.2, -0.15) is 10.1 Å². The predicted octanol–water partition coefficient (Wildman–Crippen LogP) is 3.55. The summed E-state index contributed by atoms with van der Waals surface area (Å²) in [4.78, 5) is 25.7. The van der Waals surface area contributed by atoms with E-state index in [2.05, 4.69) is 5.10 Å². The van der Waals surface area contributed by atoms with Crippen molar-refractivity contribution in [3.8, 4) is 11.5 Å². The third kappa shape index (κ3) is 3.30. The van der Waals surface area contributed by atoms with Crippen molar-refractivity contribution >= 4 is 18.0 Å². The second kappa shape index (κ2) is 7.65. The molecule has 4 atom stereocenters. The zero-order valence-electron chi connectivity index (χ0n) is 16.9. The van der Waals surface area contributed by atoms with Gasteiger partial charge in [-0.05, 0) is 48.1 Å². The molecule has 0 aromatic heterocycles. The molecule has 2 bridgehead atoms. The maximum Gasteiger partial charge on any atom is 0.254 e. The number of carbonyl (C=O) groups is 2. The molecule has 0 unspecified atom stereocenters. The number of hydrogen-bond acceptors (Lipinski definition) is 5. The molecule has 1 heterocycles. The highest BCUT2D eigenvalue weighted by atomic mass is 19.1. The van der Waals surface area contributed by atoms with Crippen LogP contribution in [-0.4, -0.2) is 30.1 Å². The van der Waals surface area contributed by atoms with E-state index in [1.807, 2.05) is 12.2 Å². The van der Waals surface area contributed by atoms with E-state index in [4.69, 9.17) is 9.47 Å². The van der Waals surface area contributed by atoms with Crippen molar-refractivity contribution in [2.24, 2.45) is 28.8 Å². The topological polar surface area (TPSA) is 68.2 Å². The van der Waals surface area contributed by atoms with Crippen LogP contribution in [0.1, 0.15) is 17.5 Å². The lowest BCUT2D eigenvalue weighted by atomic mass is 9.85. The van der Waals surface area contributed by atoms with Gasteiger partial charge in [0.2, 0.25) is 0 Å². The van der Waals surface area contributed by atoms with Crippen molar-refractivity contribution < 1.29 is 23.5 Å². The Morgan fingerprint density at radius 1 is 1.10 bits per heavy atom. The van der Waals surface area contributed by atoms with Crippen LogP contribution >= 0.6 is 0 Å². The summed E-state index contributed by atoms with van der Waals surface area (Å²) in [6.45, 7) is 0.125. The fraction of sp³-hybridized carbons (Fsp3) is 0.292. The number of imide groups is 1. The lowest BCUT2D eigenvalue weighted by molar-refractivity contribution is -0.140. The predicted molar refractivity (Wildman–Crippen MR) is 111 cm³/mol. The number of allylic oxidation sites excluding steroid dienone is 2. The van der Waals surface area contributed by atoms with Crippen LogP contribution in [0.15, 0.2) is 59.7 Å². The molecule has 3 aliphatic rings. The van der Waals surface area contributed by atoms with Crippen LogP contribution in [0.25, 0.3) is 0 Å². The molecule has 1 aliphatic heterocycles. The van der Waals surface area contributed by atoms with E-state index < -0.39 is 0 Å². The number of para-hydroxylation sites is 1. The molecule has 6 nitrogen and oxygen atoms in total. The summed E-state index contributed by atoms with van der Waals surface area (Å²) in [7, 11) is 1.52. The summed E-state index contributed by atoms with van der Waals surface area (Å²) in [5.74, 6) is -0.286. The van der Waals surface area contributed by atoms with Gasteiger partial charge in [0, 0.05) is 5.56 Å². The molecule has 0 N–H and O–H groups in total. The maximum atomic E-state index is 13.5. The van der Waals surface area contributed by atoms with Gasteiger partial charge in [0.1, 0.15) is 12.4 Å². The summed E-state index contributed by atoms with van der Waals surface area (Å²) in [5, 5.41) is 5.22. The van der Waals surface area contributed by atoms with Gasteiger partial charge in [0.05, 0.1) is 25.2 Å². The van der Waals surface area contributed by atoms with Gasteiger partial charge in [-0.3, -0.25) is 9.59 Å². The average molecular weight is 420 g/mol. The third-order valence-corrected chi connectivity index (χ3v) is 6.26. The molecule has 31 heavy (non-hydrogen) atoms. The van der Waals surface area contributed by atoms with E-state index >= 15 is 0 Å². The van der Waals surface area contributed by atoms with E-state index in [-0.39, 0.29) is 47.9 Å². The smallest absolute Gasteiger partial charge is 0.254 e. The Bertz CT molecular complexity index is 1080. The molecular formula is C24H21FN2O4. The minimum absolute atomic E-state index is 0.125. The fourth-order valence-electron chi connectivity index (χ4n) is 4.85. The quantitative estimate of drug-likeness (QED) is 0.407. The van der Waals surface area contributed by atoms with E-state index in [1.54, 1.807) is 30.3 Å². The van der Waals surface area contributed by atoms with Crippen molar-refractivity contribution in [1.82, 2.24) is 5.01 Å². The van der Waals surface area contributed by atoms with Gasteiger partial charge >= 0.3 is 0 Å². The van der Waals surface area contributed by atoms with Gasteiger partial charge in [0.25, 0.3) is 11.8 Å². The molecule has 2 aliphatic carbocycles.